The van der Waals surface area contributed by atoms with Crippen molar-refractivity contribution in [1.82, 2.24) is 20.5 Å². The predicted octanol–water partition coefficient (Wildman–Crippen LogP) is 1.86. The Bertz CT molecular complexity index is 1070. The highest BCUT2D eigenvalue weighted by atomic mass is 19.1. The number of aromatic nitrogens is 3. The number of hydrogen-bond acceptors (Lipinski definition) is 4. The highest BCUT2D eigenvalue weighted by Gasteiger charge is 2.14. The number of benzene rings is 1. The van der Waals surface area contributed by atoms with E-state index in [0.29, 0.717) is 22.3 Å². The molecular weight excluding hydrogens is 335 g/mol. The summed E-state index contributed by atoms with van der Waals surface area (Å²) < 4.78 is 13.3. The summed E-state index contributed by atoms with van der Waals surface area (Å²) >= 11 is 0. The Morgan fingerprint density at radius 3 is 2.81 bits per heavy atom. The molecule has 2 heterocycles. The third kappa shape index (κ3) is 3.75. The van der Waals surface area contributed by atoms with Crippen molar-refractivity contribution in [2.45, 2.75) is 19.4 Å². The predicted molar refractivity (Wildman–Crippen MR) is 94.8 cm³/mol. The fourth-order valence-electron chi connectivity index (χ4n) is 2.54. The van der Waals surface area contributed by atoms with E-state index >= 15 is 0 Å². The van der Waals surface area contributed by atoms with Crippen LogP contribution in [0.3, 0.4) is 0 Å². The first-order valence-corrected chi connectivity index (χ1v) is 7.87. The van der Waals surface area contributed by atoms with Crippen molar-refractivity contribution < 1.29 is 9.18 Å². The van der Waals surface area contributed by atoms with E-state index in [2.05, 4.69) is 26.4 Å². The van der Waals surface area contributed by atoms with Gasteiger partial charge in [0.25, 0.3) is 5.56 Å². The number of rotatable bonds is 4. The van der Waals surface area contributed by atoms with E-state index in [0.717, 1.165) is 0 Å². The van der Waals surface area contributed by atoms with Gasteiger partial charge in [-0.3, -0.25) is 9.59 Å². The molecular formula is C19H15FN4O2. The standard InChI is InChI=1S/C19H15FN4O2/c1-3-15-5-7-16(24-23-15)11(2)21-18(25)10-13-8-12-9-14(20)4-6-17(12)22-19(13)26/h1,4-9,11H,10H2,2H3,(H,21,25)(H,22,26)/t11-/m0/s1. The first kappa shape index (κ1) is 17.3. The number of halogens is 1. The lowest BCUT2D eigenvalue weighted by molar-refractivity contribution is -0.121. The lowest BCUT2D eigenvalue weighted by atomic mass is 10.1. The van der Waals surface area contributed by atoms with Crippen LogP contribution in [0.5, 0.6) is 0 Å². The summed E-state index contributed by atoms with van der Waals surface area (Å²) in [5, 5.41) is 11.1. The van der Waals surface area contributed by atoms with Crippen LogP contribution in [0.1, 0.15) is 29.9 Å². The van der Waals surface area contributed by atoms with Crippen LogP contribution in [0.15, 0.2) is 41.2 Å². The first-order valence-electron chi connectivity index (χ1n) is 7.87. The third-order valence-corrected chi connectivity index (χ3v) is 3.89. The summed E-state index contributed by atoms with van der Waals surface area (Å²) in [6.45, 7) is 1.75. The Balaban J connectivity index is 1.75. The molecule has 2 aromatic heterocycles. The SMILES string of the molecule is C#Cc1ccc([C@H](C)NC(=O)Cc2cc3cc(F)ccc3[nH]c2=O)nn1. The van der Waals surface area contributed by atoms with Crippen LogP contribution in [0.25, 0.3) is 10.9 Å². The Hall–Kier alpha value is -3.53. The van der Waals surface area contributed by atoms with Crippen LogP contribution in [0.4, 0.5) is 4.39 Å². The minimum atomic E-state index is -0.414. The average molecular weight is 350 g/mol. The Labute approximate surface area is 148 Å². The Morgan fingerprint density at radius 1 is 1.31 bits per heavy atom. The van der Waals surface area contributed by atoms with E-state index in [1.54, 1.807) is 19.1 Å². The van der Waals surface area contributed by atoms with Crippen molar-refractivity contribution in [2.24, 2.45) is 0 Å². The molecule has 0 aliphatic carbocycles. The monoisotopic (exact) mass is 350 g/mol. The average Bonchev–Trinajstić information content (AvgIpc) is 2.62. The molecule has 1 aromatic carbocycles. The van der Waals surface area contributed by atoms with Crippen molar-refractivity contribution in [3.8, 4) is 12.3 Å². The summed E-state index contributed by atoms with van der Waals surface area (Å²) in [6.07, 6.45) is 5.09. The largest absolute Gasteiger partial charge is 0.348 e. The molecule has 3 aromatic rings. The van der Waals surface area contributed by atoms with E-state index in [-0.39, 0.29) is 23.5 Å². The Kier molecular flexibility index (Phi) is 4.76. The molecule has 0 spiro atoms. The van der Waals surface area contributed by atoms with Gasteiger partial charge in [0.2, 0.25) is 5.91 Å². The molecule has 0 radical (unpaired) electrons. The molecule has 0 saturated heterocycles. The summed E-state index contributed by atoms with van der Waals surface area (Å²) in [5.74, 6) is 1.59. The minimum absolute atomic E-state index is 0.137. The molecule has 1 atom stereocenters. The zero-order valence-corrected chi connectivity index (χ0v) is 13.9. The van der Waals surface area contributed by atoms with Gasteiger partial charge in [0.15, 0.2) is 0 Å². The number of nitrogens with zero attached hydrogens (tertiary/aromatic N) is 2. The number of aromatic amines is 1. The van der Waals surface area contributed by atoms with Crippen LogP contribution in [-0.4, -0.2) is 21.1 Å². The molecule has 7 heteroatoms. The third-order valence-electron chi connectivity index (χ3n) is 3.89. The molecule has 26 heavy (non-hydrogen) atoms. The molecule has 0 fully saturated rings. The van der Waals surface area contributed by atoms with Gasteiger partial charge in [-0.05, 0) is 49.2 Å². The number of carbonyl (C=O) groups is 1. The highest BCUT2D eigenvalue weighted by Crippen LogP contribution is 2.14. The number of fused-ring (bicyclic) bond motifs is 1. The molecule has 130 valence electrons. The van der Waals surface area contributed by atoms with Gasteiger partial charge in [-0.2, -0.15) is 5.10 Å². The van der Waals surface area contributed by atoms with Crippen LogP contribution in [0.2, 0.25) is 0 Å². The van der Waals surface area contributed by atoms with E-state index in [4.69, 9.17) is 6.42 Å². The lowest BCUT2D eigenvalue weighted by Crippen LogP contribution is -2.30. The normalized spacial score (nSPS) is 11.7. The second kappa shape index (κ2) is 7.15. The van der Waals surface area contributed by atoms with E-state index in [1.807, 2.05) is 0 Å². The summed E-state index contributed by atoms with van der Waals surface area (Å²) in [7, 11) is 0. The molecule has 3 rings (SSSR count). The van der Waals surface area contributed by atoms with E-state index in [9.17, 15) is 14.0 Å². The van der Waals surface area contributed by atoms with Crippen LogP contribution in [0, 0.1) is 18.2 Å². The number of nitrogens with one attached hydrogen (secondary N) is 2. The van der Waals surface area contributed by atoms with Crippen molar-refractivity contribution in [3.63, 3.8) is 0 Å². The van der Waals surface area contributed by atoms with Gasteiger partial charge < -0.3 is 10.3 Å². The van der Waals surface area contributed by atoms with Gasteiger partial charge in [0, 0.05) is 16.5 Å². The smallest absolute Gasteiger partial charge is 0.252 e. The van der Waals surface area contributed by atoms with Gasteiger partial charge in [-0.1, -0.05) is 0 Å². The van der Waals surface area contributed by atoms with Crippen LogP contribution in [-0.2, 0) is 11.2 Å². The lowest BCUT2D eigenvalue weighted by Gasteiger charge is -2.13. The topological polar surface area (TPSA) is 87.7 Å². The van der Waals surface area contributed by atoms with E-state index in [1.165, 1.54) is 24.3 Å². The molecule has 0 aliphatic heterocycles. The second-order valence-corrected chi connectivity index (χ2v) is 5.81. The summed E-state index contributed by atoms with van der Waals surface area (Å²) in [5.41, 5.74) is 1.33. The van der Waals surface area contributed by atoms with Gasteiger partial charge in [-0.25, -0.2) is 4.39 Å². The maximum absolute atomic E-state index is 13.3. The van der Waals surface area contributed by atoms with Crippen molar-refractivity contribution in [1.29, 1.82) is 0 Å². The first-order chi connectivity index (χ1) is 12.5. The van der Waals surface area contributed by atoms with Crippen molar-refractivity contribution in [2.75, 3.05) is 0 Å². The van der Waals surface area contributed by atoms with Gasteiger partial charge >= 0.3 is 0 Å². The van der Waals surface area contributed by atoms with Crippen molar-refractivity contribution >= 4 is 16.8 Å². The Morgan fingerprint density at radius 2 is 2.12 bits per heavy atom. The molecule has 2 N–H and O–H groups in total. The van der Waals surface area contributed by atoms with Gasteiger partial charge in [0.05, 0.1) is 18.2 Å². The fraction of sp³-hybridized carbons (Fsp3) is 0.158. The van der Waals surface area contributed by atoms with E-state index < -0.39 is 11.9 Å². The molecule has 6 nitrogen and oxygen atoms in total. The highest BCUT2D eigenvalue weighted by molar-refractivity contribution is 5.82. The molecule has 0 bridgehead atoms. The zero-order chi connectivity index (χ0) is 18.7. The fourth-order valence-corrected chi connectivity index (χ4v) is 2.54. The number of pyridine rings is 1. The van der Waals surface area contributed by atoms with Crippen LogP contribution >= 0.6 is 0 Å². The molecule has 0 unspecified atom stereocenters. The zero-order valence-electron chi connectivity index (χ0n) is 13.9. The number of terminal acetylenes is 1. The molecule has 0 saturated carbocycles. The maximum atomic E-state index is 13.3. The second-order valence-electron chi connectivity index (χ2n) is 5.81. The molecule has 1 amide bonds. The molecule has 0 aliphatic rings. The maximum Gasteiger partial charge on any atom is 0.252 e. The van der Waals surface area contributed by atoms with Gasteiger partial charge in [0.1, 0.15) is 11.5 Å². The number of amides is 1. The quantitative estimate of drug-likeness (QED) is 0.703. The van der Waals surface area contributed by atoms with Gasteiger partial charge in [-0.15, -0.1) is 11.5 Å². The van der Waals surface area contributed by atoms with Crippen molar-refractivity contribution in [3.05, 3.63) is 69.5 Å². The van der Waals surface area contributed by atoms with Crippen LogP contribution < -0.4 is 10.9 Å². The summed E-state index contributed by atoms with van der Waals surface area (Å²) in [6, 6.07) is 8.47. The number of H-pyrrole nitrogens is 1. The minimum Gasteiger partial charge on any atom is -0.348 e. The number of hydrogen-bond donors (Lipinski definition) is 2. The number of carbonyl (C=O) groups excluding carboxylic acids is 1. The summed E-state index contributed by atoms with van der Waals surface area (Å²) in [4.78, 5) is 27.0.